The first-order valence-corrected chi connectivity index (χ1v) is 7.61. The predicted molar refractivity (Wildman–Crippen MR) is 94.8 cm³/mol. The number of hydrogen-bond donors (Lipinski definition) is 1. The zero-order valence-electron chi connectivity index (χ0n) is 12.8. The maximum atomic E-state index is 5.74. The monoisotopic (exact) mass is 298 g/mol. The van der Waals surface area contributed by atoms with Gasteiger partial charge in [0.1, 0.15) is 4.99 Å². The third kappa shape index (κ3) is 3.82. The van der Waals surface area contributed by atoms with Crippen LogP contribution in [0.3, 0.4) is 0 Å². The van der Waals surface area contributed by atoms with Gasteiger partial charge in [0.15, 0.2) is 0 Å². The molecule has 2 rings (SSSR count). The molecule has 21 heavy (non-hydrogen) atoms. The van der Waals surface area contributed by atoms with E-state index in [9.17, 15) is 0 Å². The SMILES string of the molecule is Cc1cc(N(Cc2ccccc2)C(C)C)ccc1C(N)=S. The zero-order valence-corrected chi connectivity index (χ0v) is 13.7. The number of nitrogens with zero attached hydrogens (tertiary/aromatic N) is 1. The first-order chi connectivity index (χ1) is 9.99. The van der Waals surface area contributed by atoms with E-state index in [0.717, 1.165) is 17.7 Å². The molecule has 0 bridgehead atoms. The Morgan fingerprint density at radius 2 is 1.81 bits per heavy atom. The van der Waals surface area contributed by atoms with Crippen molar-refractivity contribution in [3.8, 4) is 0 Å². The van der Waals surface area contributed by atoms with Crippen LogP contribution in [0.15, 0.2) is 48.5 Å². The molecule has 2 aromatic carbocycles. The molecule has 2 N–H and O–H groups in total. The fourth-order valence-electron chi connectivity index (χ4n) is 2.46. The molecule has 3 heteroatoms. The van der Waals surface area contributed by atoms with Gasteiger partial charge in [0.25, 0.3) is 0 Å². The standard InChI is InChI=1S/C18H22N2S/c1-13(2)20(12-15-7-5-4-6-8-15)16-9-10-17(18(19)21)14(3)11-16/h4-11,13H,12H2,1-3H3,(H2,19,21). The van der Waals surface area contributed by atoms with Gasteiger partial charge >= 0.3 is 0 Å². The number of hydrogen-bond acceptors (Lipinski definition) is 2. The van der Waals surface area contributed by atoms with Gasteiger partial charge in [0.2, 0.25) is 0 Å². The topological polar surface area (TPSA) is 29.3 Å². The lowest BCUT2D eigenvalue weighted by Gasteiger charge is -2.30. The minimum Gasteiger partial charge on any atom is -0.389 e. The van der Waals surface area contributed by atoms with Gasteiger partial charge in [-0.15, -0.1) is 0 Å². The van der Waals surface area contributed by atoms with Gasteiger partial charge in [-0.3, -0.25) is 0 Å². The molecule has 0 unspecified atom stereocenters. The molecule has 0 saturated carbocycles. The van der Waals surface area contributed by atoms with Gasteiger partial charge in [0, 0.05) is 23.8 Å². The normalized spacial score (nSPS) is 10.7. The molecule has 0 radical (unpaired) electrons. The summed E-state index contributed by atoms with van der Waals surface area (Å²) in [6.45, 7) is 7.36. The molecule has 0 aromatic heterocycles. The van der Waals surface area contributed by atoms with Crippen molar-refractivity contribution in [1.29, 1.82) is 0 Å². The molecule has 0 spiro atoms. The van der Waals surface area contributed by atoms with Crippen LogP contribution in [0.2, 0.25) is 0 Å². The number of anilines is 1. The van der Waals surface area contributed by atoms with Gasteiger partial charge in [-0.25, -0.2) is 0 Å². The minimum atomic E-state index is 0.417. The lowest BCUT2D eigenvalue weighted by atomic mass is 10.1. The first-order valence-electron chi connectivity index (χ1n) is 7.20. The maximum absolute atomic E-state index is 5.74. The summed E-state index contributed by atoms with van der Waals surface area (Å²) >= 11 is 5.08. The fourth-order valence-corrected chi connectivity index (χ4v) is 2.68. The quantitative estimate of drug-likeness (QED) is 0.845. The molecule has 0 heterocycles. The molecule has 0 saturated heterocycles. The van der Waals surface area contributed by atoms with Crippen LogP contribution in [0.5, 0.6) is 0 Å². The number of aryl methyl sites for hydroxylation is 1. The Balaban J connectivity index is 2.31. The van der Waals surface area contributed by atoms with Gasteiger partial charge in [-0.1, -0.05) is 42.5 Å². The van der Waals surface area contributed by atoms with E-state index in [4.69, 9.17) is 18.0 Å². The van der Waals surface area contributed by atoms with E-state index >= 15 is 0 Å². The summed E-state index contributed by atoms with van der Waals surface area (Å²) in [6.07, 6.45) is 0. The summed E-state index contributed by atoms with van der Waals surface area (Å²) in [5.74, 6) is 0. The van der Waals surface area contributed by atoms with E-state index in [1.54, 1.807) is 0 Å². The van der Waals surface area contributed by atoms with Gasteiger partial charge < -0.3 is 10.6 Å². The summed E-state index contributed by atoms with van der Waals surface area (Å²) < 4.78 is 0. The molecule has 0 amide bonds. The largest absolute Gasteiger partial charge is 0.389 e. The highest BCUT2D eigenvalue weighted by Gasteiger charge is 2.13. The highest BCUT2D eigenvalue weighted by atomic mass is 32.1. The third-order valence-electron chi connectivity index (χ3n) is 3.63. The molecule has 0 aliphatic heterocycles. The molecule has 0 aliphatic carbocycles. The lowest BCUT2D eigenvalue weighted by molar-refractivity contribution is 0.682. The molecule has 0 aliphatic rings. The van der Waals surface area contributed by atoms with Crippen LogP contribution in [0.25, 0.3) is 0 Å². The van der Waals surface area contributed by atoms with Crippen LogP contribution in [0, 0.1) is 6.92 Å². The van der Waals surface area contributed by atoms with Crippen LogP contribution < -0.4 is 10.6 Å². The Morgan fingerprint density at radius 1 is 1.14 bits per heavy atom. The van der Waals surface area contributed by atoms with Gasteiger partial charge in [-0.05, 0) is 50.1 Å². The second-order valence-electron chi connectivity index (χ2n) is 5.57. The molecular formula is C18H22N2S. The van der Waals surface area contributed by atoms with E-state index < -0.39 is 0 Å². The Labute approximate surface area is 132 Å². The van der Waals surface area contributed by atoms with Crippen LogP contribution >= 0.6 is 12.2 Å². The number of benzene rings is 2. The predicted octanol–water partition coefficient (Wildman–Crippen LogP) is 4.04. The van der Waals surface area contributed by atoms with Crippen LogP contribution in [0.4, 0.5) is 5.69 Å². The number of rotatable bonds is 5. The van der Waals surface area contributed by atoms with Crippen molar-refractivity contribution in [2.75, 3.05) is 4.90 Å². The highest BCUT2D eigenvalue weighted by molar-refractivity contribution is 7.80. The van der Waals surface area contributed by atoms with Gasteiger partial charge in [0.05, 0.1) is 0 Å². The van der Waals surface area contributed by atoms with Crippen LogP contribution in [0.1, 0.15) is 30.5 Å². The van der Waals surface area contributed by atoms with E-state index in [0.29, 0.717) is 11.0 Å². The van der Waals surface area contributed by atoms with Gasteiger partial charge in [-0.2, -0.15) is 0 Å². The second kappa shape index (κ2) is 6.72. The summed E-state index contributed by atoms with van der Waals surface area (Å²) in [5, 5.41) is 0. The summed E-state index contributed by atoms with van der Waals surface area (Å²) in [5.41, 5.74) is 10.3. The summed E-state index contributed by atoms with van der Waals surface area (Å²) in [4.78, 5) is 2.84. The average Bonchev–Trinajstić information content (AvgIpc) is 2.45. The van der Waals surface area contributed by atoms with Crippen LogP contribution in [-0.2, 0) is 6.54 Å². The number of nitrogens with two attached hydrogens (primary N) is 1. The third-order valence-corrected chi connectivity index (χ3v) is 3.85. The van der Waals surface area contributed by atoms with E-state index in [-0.39, 0.29) is 0 Å². The van der Waals surface area contributed by atoms with Crippen LogP contribution in [-0.4, -0.2) is 11.0 Å². The molecule has 0 fully saturated rings. The van der Waals surface area contributed by atoms with E-state index in [1.807, 2.05) is 12.1 Å². The molecule has 110 valence electrons. The van der Waals surface area contributed by atoms with E-state index in [2.05, 4.69) is 62.1 Å². The van der Waals surface area contributed by atoms with Crippen molar-refractivity contribution < 1.29 is 0 Å². The lowest BCUT2D eigenvalue weighted by Crippen LogP contribution is -2.30. The van der Waals surface area contributed by atoms with Crippen molar-refractivity contribution in [2.45, 2.75) is 33.4 Å². The smallest absolute Gasteiger partial charge is 0.104 e. The van der Waals surface area contributed by atoms with Crippen molar-refractivity contribution in [1.82, 2.24) is 0 Å². The molecule has 0 atom stereocenters. The summed E-state index contributed by atoms with van der Waals surface area (Å²) in [7, 11) is 0. The molecule has 2 aromatic rings. The average molecular weight is 298 g/mol. The van der Waals surface area contributed by atoms with Crippen molar-refractivity contribution in [2.24, 2.45) is 5.73 Å². The minimum absolute atomic E-state index is 0.417. The summed E-state index contributed by atoms with van der Waals surface area (Å²) in [6, 6.07) is 17.2. The zero-order chi connectivity index (χ0) is 15.4. The Kier molecular flexibility index (Phi) is 4.97. The van der Waals surface area contributed by atoms with Crippen molar-refractivity contribution in [3.05, 3.63) is 65.2 Å². The molecular weight excluding hydrogens is 276 g/mol. The van der Waals surface area contributed by atoms with E-state index in [1.165, 1.54) is 11.3 Å². The Hall–Kier alpha value is -1.87. The second-order valence-corrected chi connectivity index (χ2v) is 6.01. The Morgan fingerprint density at radius 3 is 2.33 bits per heavy atom. The molecule has 2 nitrogen and oxygen atoms in total. The fraction of sp³-hybridized carbons (Fsp3) is 0.278. The van der Waals surface area contributed by atoms with Crippen molar-refractivity contribution in [3.63, 3.8) is 0 Å². The number of thiocarbonyl (C=S) groups is 1. The van der Waals surface area contributed by atoms with Crippen molar-refractivity contribution >= 4 is 22.9 Å². The first kappa shape index (κ1) is 15.5. The Bertz CT molecular complexity index is 620. The highest BCUT2D eigenvalue weighted by Crippen LogP contribution is 2.23. The maximum Gasteiger partial charge on any atom is 0.104 e.